The van der Waals surface area contributed by atoms with E-state index in [0.717, 1.165) is 28.2 Å². The van der Waals surface area contributed by atoms with E-state index in [4.69, 9.17) is 21.3 Å². The summed E-state index contributed by atoms with van der Waals surface area (Å²) in [4.78, 5) is 16.9. The number of ether oxygens (including phenoxy) is 1. The molecule has 0 fully saturated rings. The predicted octanol–water partition coefficient (Wildman–Crippen LogP) is 5.30. The van der Waals surface area contributed by atoms with Gasteiger partial charge in [-0.05, 0) is 48.4 Å². The monoisotopic (exact) mass is 392 g/mol. The van der Waals surface area contributed by atoms with Gasteiger partial charge in [-0.1, -0.05) is 31.5 Å². The smallest absolute Gasteiger partial charge is 0.178 e. The van der Waals surface area contributed by atoms with Crippen molar-refractivity contribution in [2.24, 2.45) is 5.92 Å². The molecule has 1 aromatic carbocycles. The zero-order chi connectivity index (χ0) is 19.5. The molecule has 3 aromatic heterocycles. The van der Waals surface area contributed by atoms with Crippen LogP contribution in [-0.2, 0) is 6.42 Å². The number of hydrogen-bond acceptors (Lipinski definition) is 4. The van der Waals surface area contributed by atoms with E-state index in [9.17, 15) is 0 Å². The van der Waals surface area contributed by atoms with Crippen LogP contribution >= 0.6 is 11.6 Å². The number of H-pyrrole nitrogens is 1. The predicted molar refractivity (Wildman–Crippen MR) is 112 cm³/mol. The highest BCUT2D eigenvalue weighted by molar-refractivity contribution is 6.30. The van der Waals surface area contributed by atoms with E-state index in [2.05, 4.69) is 28.8 Å². The fraction of sp³-hybridized carbons (Fsp3) is 0.227. The van der Waals surface area contributed by atoms with Gasteiger partial charge in [-0.25, -0.2) is 15.0 Å². The standard InChI is InChI=1S/C22H21ClN4O/c1-14(2)13-28-20-9-8-16(23)11-15(20)12-17-5-3-6-19(25-17)22-26-18-7-4-10-24-21(18)27-22/h3-11,14H,12-13H2,1-2H3,(H,24,26,27). The lowest BCUT2D eigenvalue weighted by molar-refractivity contribution is 0.269. The fourth-order valence-corrected chi connectivity index (χ4v) is 3.15. The number of nitrogens with zero attached hydrogens (tertiary/aromatic N) is 3. The average Bonchev–Trinajstić information content (AvgIpc) is 3.12. The van der Waals surface area contributed by atoms with Gasteiger partial charge in [0, 0.05) is 28.9 Å². The molecule has 0 bridgehead atoms. The molecule has 0 saturated heterocycles. The third-order valence-corrected chi connectivity index (χ3v) is 4.51. The highest BCUT2D eigenvalue weighted by Gasteiger charge is 2.11. The van der Waals surface area contributed by atoms with E-state index in [1.54, 1.807) is 6.20 Å². The third kappa shape index (κ3) is 4.15. The molecule has 5 nitrogen and oxygen atoms in total. The largest absolute Gasteiger partial charge is 0.493 e. The molecular weight excluding hydrogens is 372 g/mol. The first-order valence-electron chi connectivity index (χ1n) is 9.27. The second kappa shape index (κ2) is 7.98. The van der Waals surface area contributed by atoms with Crippen LogP contribution in [0.1, 0.15) is 25.1 Å². The van der Waals surface area contributed by atoms with Gasteiger partial charge in [0.2, 0.25) is 0 Å². The van der Waals surface area contributed by atoms with Gasteiger partial charge in [0.25, 0.3) is 0 Å². The molecule has 0 amide bonds. The number of hydrogen-bond donors (Lipinski definition) is 1. The molecule has 0 aliphatic heterocycles. The van der Waals surface area contributed by atoms with Crippen LogP contribution in [-0.4, -0.2) is 26.5 Å². The van der Waals surface area contributed by atoms with Crippen molar-refractivity contribution in [1.29, 1.82) is 0 Å². The molecule has 0 atom stereocenters. The molecule has 0 spiro atoms. The molecule has 0 radical (unpaired) electrons. The van der Waals surface area contributed by atoms with Gasteiger partial charge in [-0.15, -0.1) is 0 Å². The second-order valence-electron chi connectivity index (χ2n) is 7.11. The summed E-state index contributed by atoms with van der Waals surface area (Å²) >= 11 is 6.22. The quantitative estimate of drug-likeness (QED) is 0.483. The van der Waals surface area contributed by atoms with Crippen LogP contribution in [0.15, 0.2) is 54.7 Å². The summed E-state index contributed by atoms with van der Waals surface area (Å²) in [6.45, 7) is 4.92. The third-order valence-electron chi connectivity index (χ3n) is 4.27. The van der Waals surface area contributed by atoms with E-state index in [0.29, 0.717) is 35.4 Å². The van der Waals surface area contributed by atoms with Gasteiger partial charge < -0.3 is 9.72 Å². The first-order valence-corrected chi connectivity index (χ1v) is 9.64. The summed E-state index contributed by atoms with van der Waals surface area (Å²) in [5.74, 6) is 2.00. The molecule has 0 aliphatic rings. The maximum Gasteiger partial charge on any atom is 0.178 e. The molecule has 3 heterocycles. The Morgan fingerprint density at radius 1 is 1.07 bits per heavy atom. The summed E-state index contributed by atoms with van der Waals surface area (Å²) in [5.41, 5.74) is 4.29. The van der Waals surface area contributed by atoms with Crippen molar-refractivity contribution in [3.8, 4) is 17.3 Å². The first-order chi connectivity index (χ1) is 13.6. The molecule has 28 heavy (non-hydrogen) atoms. The lowest BCUT2D eigenvalue weighted by Crippen LogP contribution is -2.06. The van der Waals surface area contributed by atoms with E-state index >= 15 is 0 Å². The summed E-state index contributed by atoms with van der Waals surface area (Å²) in [7, 11) is 0. The van der Waals surface area contributed by atoms with Crippen molar-refractivity contribution in [3.05, 3.63) is 71.0 Å². The minimum absolute atomic E-state index is 0.451. The zero-order valence-electron chi connectivity index (χ0n) is 15.8. The molecule has 0 aliphatic carbocycles. The highest BCUT2D eigenvalue weighted by atomic mass is 35.5. The summed E-state index contributed by atoms with van der Waals surface area (Å²) in [5, 5.41) is 0.686. The number of aromatic nitrogens is 4. The Hall–Kier alpha value is -2.92. The van der Waals surface area contributed by atoms with Crippen molar-refractivity contribution < 1.29 is 4.74 Å². The Kier molecular flexibility index (Phi) is 5.26. The molecule has 1 N–H and O–H groups in total. The average molecular weight is 393 g/mol. The van der Waals surface area contributed by atoms with Crippen LogP contribution in [0.4, 0.5) is 0 Å². The topological polar surface area (TPSA) is 63.7 Å². The maximum absolute atomic E-state index is 6.22. The second-order valence-corrected chi connectivity index (χ2v) is 7.54. The lowest BCUT2D eigenvalue weighted by atomic mass is 10.1. The Labute approximate surface area is 168 Å². The van der Waals surface area contributed by atoms with Crippen LogP contribution in [0.3, 0.4) is 0 Å². The van der Waals surface area contributed by atoms with Gasteiger partial charge in [0.05, 0.1) is 12.1 Å². The van der Waals surface area contributed by atoms with E-state index < -0.39 is 0 Å². The Balaban J connectivity index is 1.62. The Morgan fingerprint density at radius 2 is 1.96 bits per heavy atom. The van der Waals surface area contributed by atoms with E-state index in [1.807, 2.05) is 48.5 Å². The van der Waals surface area contributed by atoms with Crippen molar-refractivity contribution in [2.45, 2.75) is 20.3 Å². The minimum atomic E-state index is 0.451. The molecule has 4 rings (SSSR count). The summed E-state index contributed by atoms with van der Waals surface area (Å²) < 4.78 is 5.97. The number of rotatable bonds is 6. The summed E-state index contributed by atoms with van der Waals surface area (Å²) in [6, 6.07) is 15.5. The molecule has 4 aromatic rings. The van der Waals surface area contributed by atoms with Crippen molar-refractivity contribution in [3.63, 3.8) is 0 Å². The van der Waals surface area contributed by atoms with Gasteiger partial charge in [-0.2, -0.15) is 0 Å². The van der Waals surface area contributed by atoms with Gasteiger partial charge in [0.15, 0.2) is 11.5 Å². The Morgan fingerprint density at radius 3 is 2.79 bits per heavy atom. The maximum atomic E-state index is 6.22. The normalized spacial score (nSPS) is 11.3. The SMILES string of the molecule is CC(C)COc1ccc(Cl)cc1Cc1cccc(-c2nc3ncccc3[nH]2)n1. The number of imidazole rings is 1. The molecule has 6 heteroatoms. The number of aromatic amines is 1. The minimum Gasteiger partial charge on any atom is -0.493 e. The summed E-state index contributed by atoms with van der Waals surface area (Å²) in [6.07, 6.45) is 2.36. The molecule has 0 unspecified atom stereocenters. The molecule has 142 valence electrons. The van der Waals surface area contributed by atoms with Crippen LogP contribution in [0.5, 0.6) is 5.75 Å². The lowest BCUT2D eigenvalue weighted by Gasteiger charge is -2.13. The van der Waals surface area contributed by atoms with E-state index in [-0.39, 0.29) is 0 Å². The van der Waals surface area contributed by atoms with Crippen molar-refractivity contribution in [1.82, 2.24) is 19.9 Å². The van der Waals surface area contributed by atoms with Gasteiger partial charge in [-0.3, -0.25) is 0 Å². The number of pyridine rings is 2. The number of benzene rings is 1. The van der Waals surface area contributed by atoms with Crippen LogP contribution in [0, 0.1) is 5.92 Å². The van der Waals surface area contributed by atoms with Crippen LogP contribution < -0.4 is 4.74 Å². The zero-order valence-corrected chi connectivity index (χ0v) is 16.6. The molecule has 0 saturated carbocycles. The molecular formula is C22H21ClN4O. The van der Waals surface area contributed by atoms with Crippen LogP contribution in [0.25, 0.3) is 22.7 Å². The number of fused-ring (bicyclic) bond motifs is 1. The first kappa shape index (κ1) is 18.4. The number of halogens is 1. The van der Waals surface area contributed by atoms with Crippen LogP contribution in [0.2, 0.25) is 5.02 Å². The van der Waals surface area contributed by atoms with Gasteiger partial charge in [0.1, 0.15) is 11.4 Å². The fourth-order valence-electron chi connectivity index (χ4n) is 2.95. The van der Waals surface area contributed by atoms with Crippen molar-refractivity contribution in [2.75, 3.05) is 6.61 Å². The van der Waals surface area contributed by atoms with E-state index in [1.165, 1.54) is 0 Å². The van der Waals surface area contributed by atoms with Crippen molar-refractivity contribution >= 4 is 22.8 Å². The Bertz CT molecular complexity index is 1070. The van der Waals surface area contributed by atoms with Gasteiger partial charge >= 0.3 is 0 Å². The number of nitrogens with one attached hydrogen (secondary N) is 1. The highest BCUT2D eigenvalue weighted by Crippen LogP contribution is 2.26.